The Labute approximate surface area is 133 Å². The van der Waals surface area contributed by atoms with Gasteiger partial charge in [-0.1, -0.05) is 24.3 Å². The van der Waals surface area contributed by atoms with Crippen molar-refractivity contribution in [1.82, 2.24) is 5.32 Å². The van der Waals surface area contributed by atoms with Crippen LogP contribution in [0.1, 0.15) is 39.1 Å². The first-order valence-electron chi connectivity index (χ1n) is 7.36. The summed E-state index contributed by atoms with van der Waals surface area (Å²) in [5.74, 6) is -0.588. The summed E-state index contributed by atoms with van der Waals surface area (Å²) < 4.78 is 10.9. The largest absolute Gasteiger partial charge is 0.478 e. The van der Waals surface area contributed by atoms with Crippen molar-refractivity contribution in [2.75, 3.05) is 6.61 Å². The molecule has 0 fully saturated rings. The number of carbonyl (C=O) groups is 2. The molecule has 6 heteroatoms. The molecule has 0 aliphatic carbocycles. The monoisotopic (exact) mass is 315 g/mol. The van der Waals surface area contributed by atoms with Gasteiger partial charge in [0.1, 0.15) is 17.1 Å². The molecular formula is C17H17NO5. The number of fused-ring (bicyclic) bond motifs is 1. The second-order valence-corrected chi connectivity index (χ2v) is 5.41. The molecule has 0 saturated heterocycles. The summed E-state index contributed by atoms with van der Waals surface area (Å²) in [5, 5.41) is 11.7. The molecule has 2 heterocycles. The van der Waals surface area contributed by atoms with Crippen LogP contribution in [-0.2, 0) is 22.5 Å². The number of amides is 1. The first-order chi connectivity index (χ1) is 11.1. The van der Waals surface area contributed by atoms with Crippen molar-refractivity contribution >= 4 is 11.9 Å². The number of aryl methyl sites for hydroxylation is 1. The van der Waals surface area contributed by atoms with Crippen LogP contribution in [0.25, 0.3) is 0 Å². The molecule has 120 valence electrons. The van der Waals surface area contributed by atoms with Crippen molar-refractivity contribution < 1.29 is 23.8 Å². The molecule has 23 heavy (non-hydrogen) atoms. The van der Waals surface area contributed by atoms with Crippen LogP contribution in [-0.4, -0.2) is 23.6 Å². The topological polar surface area (TPSA) is 88.8 Å². The zero-order chi connectivity index (χ0) is 16.4. The van der Waals surface area contributed by atoms with E-state index in [0.29, 0.717) is 18.1 Å². The molecule has 2 N–H and O–H groups in total. The van der Waals surface area contributed by atoms with Gasteiger partial charge in [0.2, 0.25) is 0 Å². The van der Waals surface area contributed by atoms with E-state index in [0.717, 1.165) is 17.5 Å². The van der Waals surface area contributed by atoms with E-state index in [9.17, 15) is 9.59 Å². The highest BCUT2D eigenvalue weighted by atomic mass is 16.5. The Kier molecular flexibility index (Phi) is 4.16. The van der Waals surface area contributed by atoms with Crippen molar-refractivity contribution in [1.29, 1.82) is 0 Å². The average Bonchev–Trinajstić information content (AvgIpc) is 2.93. The number of furan rings is 1. The molecule has 1 aliphatic heterocycles. The van der Waals surface area contributed by atoms with Crippen molar-refractivity contribution in [3.63, 3.8) is 0 Å². The lowest BCUT2D eigenvalue weighted by Crippen LogP contribution is -2.33. The third-order valence-electron chi connectivity index (χ3n) is 3.87. The van der Waals surface area contributed by atoms with Gasteiger partial charge < -0.3 is 19.6 Å². The lowest BCUT2D eigenvalue weighted by molar-refractivity contribution is -0.134. The maximum atomic E-state index is 12.4. The number of ether oxygens (including phenoxy) is 1. The third kappa shape index (κ3) is 3.12. The fourth-order valence-corrected chi connectivity index (χ4v) is 2.72. The summed E-state index contributed by atoms with van der Waals surface area (Å²) in [4.78, 5) is 23.4. The van der Waals surface area contributed by atoms with Gasteiger partial charge in [-0.3, -0.25) is 4.79 Å². The highest BCUT2D eigenvalue weighted by Crippen LogP contribution is 2.27. The van der Waals surface area contributed by atoms with Crippen molar-refractivity contribution in [3.8, 4) is 0 Å². The molecule has 1 aliphatic rings. The molecule has 0 radical (unpaired) electrons. The van der Waals surface area contributed by atoms with Gasteiger partial charge in [-0.15, -0.1) is 0 Å². The highest BCUT2D eigenvalue weighted by Gasteiger charge is 2.27. The molecule has 1 amide bonds. The first kappa shape index (κ1) is 15.3. The van der Waals surface area contributed by atoms with E-state index in [1.807, 2.05) is 24.3 Å². The zero-order valence-corrected chi connectivity index (χ0v) is 12.7. The lowest BCUT2D eigenvalue weighted by Gasteiger charge is -2.25. The Morgan fingerprint density at radius 2 is 2.13 bits per heavy atom. The standard InChI is InChI=1S/C17H17NO5/c1-10-14(17(20)21)8-12(23-10)9-18-16(19)15-13-5-3-2-4-11(13)6-7-22-15/h2-5,8,15H,6-7,9H2,1H3,(H,18,19)(H,20,21)/t15-/m1/s1. The number of hydrogen-bond donors (Lipinski definition) is 2. The number of carboxylic acids is 1. The number of benzene rings is 1. The SMILES string of the molecule is Cc1oc(CNC(=O)[C@@H]2OCCc3ccccc32)cc1C(=O)O. The Morgan fingerprint density at radius 3 is 2.87 bits per heavy atom. The Bertz CT molecular complexity index is 749. The summed E-state index contributed by atoms with van der Waals surface area (Å²) in [5.41, 5.74) is 2.09. The summed E-state index contributed by atoms with van der Waals surface area (Å²) in [7, 11) is 0. The predicted octanol–water partition coefficient (Wildman–Crippen LogP) is 2.22. The number of carboxylic acid groups (broad SMARTS) is 1. The highest BCUT2D eigenvalue weighted by molar-refractivity contribution is 5.89. The van der Waals surface area contributed by atoms with Gasteiger partial charge in [0.15, 0.2) is 6.10 Å². The summed E-state index contributed by atoms with van der Waals surface area (Å²) in [6.45, 7) is 2.20. The van der Waals surface area contributed by atoms with Crippen molar-refractivity contribution in [2.24, 2.45) is 0 Å². The van der Waals surface area contributed by atoms with E-state index in [1.165, 1.54) is 6.07 Å². The minimum Gasteiger partial charge on any atom is -0.478 e. The minimum absolute atomic E-state index is 0.105. The van der Waals surface area contributed by atoms with Crippen LogP contribution >= 0.6 is 0 Å². The molecule has 0 saturated carbocycles. The Balaban J connectivity index is 1.69. The van der Waals surface area contributed by atoms with E-state index < -0.39 is 12.1 Å². The van der Waals surface area contributed by atoms with Gasteiger partial charge in [-0.25, -0.2) is 4.79 Å². The summed E-state index contributed by atoms with van der Waals surface area (Å²) in [6.07, 6.45) is 0.147. The predicted molar refractivity (Wildman–Crippen MR) is 81.1 cm³/mol. The number of hydrogen-bond acceptors (Lipinski definition) is 4. The number of carbonyl (C=O) groups excluding carboxylic acids is 1. The molecule has 0 unspecified atom stereocenters. The first-order valence-corrected chi connectivity index (χ1v) is 7.36. The van der Waals surface area contributed by atoms with E-state index in [-0.39, 0.29) is 18.0 Å². The van der Waals surface area contributed by atoms with Crippen LogP contribution in [0, 0.1) is 6.92 Å². The van der Waals surface area contributed by atoms with Crippen LogP contribution in [0.2, 0.25) is 0 Å². The fourth-order valence-electron chi connectivity index (χ4n) is 2.72. The number of nitrogens with one attached hydrogen (secondary N) is 1. The van der Waals surface area contributed by atoms with Gasteiger partial charge in [-0.05, 0) is 30.5 Å². The van der Waals surface area contributed by atoms with Crippen LogP contribution in [0.4, 0.5) is 0 Å². The molecule has 1 aromatic heterocycles. The van der Waals surface area contributed by atoms with Gasteiger partial charge in [-0.2, -0.15) is 0 Å². The average molecular weight is 315 g/mol. The van der Waals surface area contributed by atoms with Crippen LogP contribution in [0.3, 0.4) is 0 Å². The van der Waals surface area contributed by atoms with E-state index in [1.54, 1.807) is 6.92 Å². The second-order valence-electron chi connectivity index (χ2n) is 5.41. The van der Waals surface area contributed by atoms with Gasteiger partial charge in [0, 0.05) is 0 Å². The van der Waals surface area contributed by atoms with Gasteiger partial charge in [0.05, 0.1) is 13.2 Å². The van der Waals surface area contributed by atoms with E-state index >= 15 is 0 Å². The summed E-state index contributed by atoms with van der Waals surface area (Å²) in [6, 6.07) is 9.13. The quantitative estimate of drug-likeness (QED) is 0.903. The maximum absolute atomic E-state index is 12.4. The second kappa shape index (κ2) is 6.26. The normalized spacial score (nSPS) is 16.7. The van der Waals surface area contributed by atoms with Crippen LogP contribution in [0.5, 0.6) is 0 Å². The van der Waals surface area contributed by atoms with Crippen molar-refractivity contribution in [3.05, 3.63) is 58.5 Å². The molecule has 6 nitrogen and oxygen atoms in total. The van der Waals surface area contributed by atoms with E-state index in [4.69, 9.17) is 14.3 Å². The summed E-state index contributed by atoms with van der Waals surface area (Å²) >= 11 is 0. The molecule has 3 rings (SSSR count). The molecule has 0 spiro atoms. The molecular weight excluding hydrogens is 298 g/mol. The van der Waals surface area contributed by atoms with Crippen molar-refractivity contribution in [2.45, 2.75) is 26.0 Å². The van der Waals surface area contributed by atoms with Gasteiger partial charge in [0.25, 0.3) is 5.91 Å². The Hall–Kier alpha value is -2.60. The fraction of sp³-hybridized carbons (Fsp3) is 0.294. The number of aromatic carboxylic acids is 1. The Morgan fingerprint density at radius 1 is 1.35 bits per heavy atom. The zero-order valence-electron chi connectivity index (χ0n) is 12.7. The van der Waals surface area contributed by atoms with Gasteiger partial charge >= 0.3 is 5.97 Å². The lowest BCUT2D eigenvalue weighted by atomic mass is 9.97. The molecule has 1 atom stereocenters. The van der Waals surface area contributed by atoms with Crippen LogP contribution in [0.15, 0.2) is 34.7 Å². The van der Waals surface area contributed by atoms with E-state index in [2.05, 4.69) is 5.32 Å². The molecule has 0 bridgehead atoms. The third-order valence-corrected chi connectivity index (χ3v) is 3.87. The number of rotatable bonds is 4. The minimum atomic E-state index is -1.05. The molecule has 2 aromatic rings. The maximum Gasteiger partial charge on any atom is 0.339 e. The smallest absolute Gasteiger partial charge is 0.339 e. The molecule has 1 aromatic carbocycles. The van der Waals surface area contributed by atoms with Crippen LogP contribution < -0.4 is 5.32 Å².